The number of methoxy groups -OCH3 is 1. The summed E-state index contributed by atoms with van der Waals surface area (Å²) in [7, 11) is 1.62. The van der Waals surface area contributed by atoms with E-state index in [9.17, 15) is 0 Å². The third-order valence-corrected chi connectivity index (χ3v) is 4.56. The molecule has 2 heterocycles. The zero-order valence-corrected chi connectivity index (χ0v) is 19.6. The Hall–Kier alpha value is -1.09. The topological polar surface area (TPSA) is 67.8 Å². The molecule has 1 fully saturated rings. The molecule has 0 aromatic carbocycles. The van der Waals surface area contributed by atoms with Crippen molar-refractivity contribution in [3.8, 4) is 5.88 Å². The number of rotatable bonds is 6. The van der Waals surface area contributed by atoms with Crippen LogP contribution in [0.25, 0.3) is 0 Å². The second-order valence-corrected chi connectivity index (χ2v) is 7.81. The van der Waals surface area contributed by atoms with E-state index in [1.54, 1.807) is 7.11 Å². The number of hydrogen-bond acceptors (Lipinski definition) is 4. The molecule has 2 unspecified atom stereocenters. The van der Waals surface area contributed by atoms with Crippen LogP contribution in [0.4, 0.5) is 0 Å². The predicted octanol–water partition coefficient (Wildman–Crippen LogP) is 3.60. The van der Waals surface area contributed by atoms with Crippen LogP contribution in [0.2, 0.25) is 0 Å². The lowest BCUT2D eigenvalue weighted by Gasteiger charge is -2.40. The third kappa shape index (κ3) is 7.81. The van der Waals surface area contributed by atoms with Gasteiger partial charge in [-0.2, -0.15) is 0 Å². The van der Waals surface area contributed by atoms with Gasteiger partial charge in [0.05, 0.1) is 25.5 Å². The van der Waals surface area contributed by atoms with Gasteiger partial charge in [-0.25, -0.2) is 9.98 Å². The highest BCUT2D eigenvalue weighted by molar-refractivity contribution is 14.0. The van der Waals surface area contributed by atoms with Crippen molar-refractivity contribution in [2.45, 2.75) is 53.2 Å². The largest absolute Gasteiger partial charge is 0.481 e. The van der Waals surface area contributed by atoms with E-state index < -0.39 is 0 Å². The monoisotopic (exact) mass is 490 g/mol. The Bertz CT molecular complexity index is 590. The smallest absolute Gasteiger partial charge is 0.213 e. The summed E-state index contributed by atoms with van der Waals surface area (Å²) in [6.45, 7) is 11.9. The molecule has 1 aliphatic rings. The third-order valence-electron chi connectivity index (χ3n) is 4.56. The summed E-state index contributed by atoms with van der Waals surface area (Å²) in [6.07, 6.45) is 2.58. The molecule has 1 aromatic heterocycles. The fourth-order valence-corrected chi connectivity index (χ4v) is 3.40. The Balaban J connectivity index is 0.00000364. The van der Waals surface area contributed by atoms with E-state index in [-0.39, 0.29) is 35.5 Å². The van der Waals surface area contributed by atoms with Gasteiger partial charge >= 0.3 is 0 Å². The molecule has 2 rings (SSSR count). The molecule has 0 bridgehead atoms. The predicted molar refractivity (Wildman–Crippen MR) is 121 cm³/mol. The lowest BCUT2D eigenvalue weighted by molar-refractivity contribution is -0.0835. The first-order chi connectivity index (χ1) is 12.4. The lowest BCUT2D eigenvalue weighted by atomic mass is 9.78. The number of aromatic nitrogens is 1. The highest BCUT2D eigenvalue weighted by atomic mass is 127. The average Bonchev–Trinajstić information content (AvgIpc) is 2.63. The van der Waals surface area contributed by atoms with Gasteiger partial charge in [0.1, 0.15) is 0 Å². The molecule has 1 saturated heterocycles. The van der Waals surface area contributed by atoms with Crippen molar-refractivity contribution in [3.63, 3.8) is 0 Å². The maximum atomic E-state index is 6.08. The Morgan fingerprint density at radius 2 is 2.11 bits per heavy atom. The van der Waals surface area contributed by atoms with Gasteiger partial charge in [-0.15, -0.1) is 24.0 Å². The van der Waals surface area contributed by atoms with Gasteiger partial charge in [-0.3, -0.25) is 0 Å². The fraction of sp³-hybridized carbons (Fsp3) is 0.700. The van der Waals surface area contributed by atoms with Crippen LogP contribution in [0, 0.1) is 11.3 Å². The minimum absolute atomic E-state index is 0. The number of nitrogens with zero attached hydrogens (tertiary/aromatic N) is 2. The fourth-order valence-electron chi connectivity index (χ4n) is 3.40. The zero-order chi connectivity index (χ0) is 19.0. The Kier molecular flexibility index (Phi) is 10.4. The highest BCUT2D eigenvalue weighted by Crippen LogP contribution is 2.33. The summed E-state index contributed by atoms with van der Waals surface area (Å²) in [5.74, 6) is 1.92. The van der Waals surface area contributed by atoms with Crippen molar-refractivity contribution in [3.05, 3.63) is 23.9 Å². The molecular weight excluding hydrogens is 455 g/mol. The lowest BCUT2D eigenvalue weighted by Crippen LogP contribution is -2.47. The maximum Gasteiger partial charge on any atom is 0.213 e. The van der Waals surface area contributed by atoms with Crippen LogP contribution in [0.1, 0.15) is 46.2 Å². The minimum atomic E-state index is 0. The van der Waals surface area contributed by atoms with E-state index in [0.717, 1.165) is 37.8 Å². The molecule has 0 aliphatic carbocycles. The van der Waals surface area contributed by atoms with Crippen molar-refractivity contribution in [2.24, 2.45) is 16.3 Å². The van der Waals surface area contributed by atoms with Crippen LogP contribution in [-0.4, -0.2) is 43.9 Å². The van der Waals surface area contributed by atoms with Crippen LogP contribution in [0.5, 0.6) is 5.88 Å². The standard InChI is InChI=1S/C20H34N4O2.HI/c1-6-21-19(23-14-16-10-7-11-17(24-16)25-5)22-13-15-9-8-12-26-18(15)20(2,3)4;/h7,10-11,15,18H,6,8-9,12-14H2,1-5H3,(H2,21,22,23);1H. The molecule has 1 aromatic rings. The van der Waals surface area contributed by atoms with Crippen LogP contribution in [0.3, 0.4) is 0 Å². The number of halogens is 1. The van der Waals surface area contributed by atoms with E-state index in [0.29, 0.717) is 18.3 Å². The van der Waals surface area contributed by atoms with Gasteiger partial charge in [-0.1, -0.05) is 26.8 Å². The highest BCUT2D eigenvalue weighted by Gasteiger charge is 2.35. The second kappa shape index (κ2) is 11.7. The molecule has 154 valence electrons. The molecular formula is C20H35IN4O2. The molecule has 7 heteroatoms. The minimum Gasteiger partial charge on any atom is -0.481 e. The van der Waals surface area contributed by atoms with Crippen molar-refractivity contribution in [1.82, 2.24) is 15.6 Å². The van der Waals surface area contributed by atoms with Crippen LogP contribution in [0.15, 0.2) is 23.2 Å². The van der Waals surface area contributed by atoms with Gasteiger partial charge in [-0.05, 0) is 31.2 Å². The summed E-state index contributed by atoms with van der Waals surface area (Å²) < 4.78 is 11.3. The van der Waals surface area contributed by atoms with Crippen LogP contribution >= 0.6 is 24.0 Å². The van der Waals surface area contributed by atoms with Crippen LogP contribution < -0.4 is 15.4 Å². The van der Waals surface area contributed by atoms with E-state index in [4.69, 9.17) is 9.47 Å². The molecule has 2 atom stereocenters. The zero-order valence-electron chi connectivity index (χ0n) is 17.2. The SMILES string of the molecule is CCNC(=NCc1cccc(OC)n1)NCC1CCCOC1C(C)(C)C.I. The summed E-state index contributed by atoms with van der Waals surface area (Å²) in [5.41, 5.74) is 1.03. The number of ether oxygens (including phenoxy) is 2. The Morgan fingerprint density at radius 3 is 2.78 bits per heavy atom. The average molecular weight is 490 g/mol. The van der Waals surface area contributed by atoms with E-state index in [1.807, 2.05) is 18.2 Å². The van der Waals surface area contributed by atoms with Gasteiger partial charge < -0.3 is 20.1 Å². The molecule has 27 heavy (non-hydrogen) atoms. The normalized spacial score (nSPS) is 20.6. The van der Waals surface area contributed by atoms with Crippen LogP contribution in [-0.2, 0) is 11.3 Å². The number of nitrogens with one attached hydrogen (secondary N) is 2. The first-order valence-electron chi connectivity index (χ1n) is 9.57. The number of hydrogen-bond donors (Lipinski definition) is 2. The molecule has 0 amide bonds. The van der Waals surface area contributed by atoms with E-state index in [2.05, 4.69) is 48.3 Å². The van der Waals surface area contributed by atoms with Crippen molar-refractivity contribution >= 4 is 29.9 Å². The summed E-state index contributed by atoms with van der Waals surface area (Å²) in [4.78, 5) is 9.08. The number of aliphatic imine (C=N–C) groups is 1. The van der Waals surface area contributed by atoms with Gasteiger partial charge in [0.25, 0.3) is 0 Å². The molecule has 6 nitrogen and oxygen atoms in total. The summed E-state index contributed by atoms with van der Waals surface area (Å²) in [5, 5.41) is 6.80. The van der Waals surface area contributed by atoms with Crippen molar-refractivity contribution in [2.75, 3.05) is 26.8 Å². The van der Waals surface area contributed by atoms with E-state index in [1.165, 1.54) is 6.42 Å². The summed E-state index contributed by atoms with van der Waals surface area (Å²) >= 11 is 0. The van der Waals surface area contributed by atoms with E-state index >= 15 is 0 Å². The molecule has 0 saturated carbocycles. The summed E-state index contributed by atoms with van der Waals surface area (Å²) in [6, 6.07) is 5.73. The molecule has 0 spiro atoms. The second-order valence-electron chi connectivity index (χ2n) is 7.81. The molecule has 0 radical (unpaired) electrons. The van der Waals surface area contributed by atoms with Crippen molar-refractivity contribution < 1.29 is 9.47 Å². The first-order valence-corrected chi connectivity index (χ1v) is 9.57. The van der Waals surface area contributed by atoms with Crippen molar-refractivity contribution in [1.29, 1.82) is 0 Å². The first kappa shape index (κ1) is 23.9. The molecule has 1 aliphatic heterocycles. The number of pyridine rings is 1. The van der Waals surface area contributed by atoms with Gasteiger partial charge in [0.15, 0.2) is 5.96 Å². The van der Waals surface area contributed by atoms with Gasteiger partial charge in [0, 0.05) is 31.7 Å². The van der Waals surface area contributed by atoms with Gasteiger partial charge in [0.2, 0.25) is 5.88 Å². The quantitative estimate of drug-likeness (QED) is 0.363. The molecule has 2 N–H and O–H groups in total. The maximum absolute atomic E-state index is 6.08. The number of guanidine groups is 1. The Morgan fingerprint density at radius 1 is 1.33 bits per heavy atom. The Labute approximate surface area is 180 Å².